The van der Waals surface area contributed by atoms with E-state index in [1.54, 1.807) is 14.1 Å². The number of nitrogens with zero attached hydrogens (tertiary/aromatic N) is 1. The molecular weight excluding hydrogens is 350 g/mol. The molecule has 1 rings (SSSR count). The molecule has 0 heterocycles. The average molecular weight is 373 g/mol. The molecule has 0 saturated carbocycles. The van der Waals surface area contributed by atoms with Gasteiger partial charge in [-0.1, -0.05) is 15.9 Å². The fourth-order valence-corrected chi connectivity index (χ4v) is 1.90. The molecule has 0 aliphatic carbocycles. The summed E-state index contributed by atoms with van der Waals surface area (Å²) < 4.78 is 6.61. The number of amides is 2. The summed E-state index contributed by atoms with van der Waals surface area (Å²) in [6.07, 6.45) is 0. The highest BCUT2D eigenvalue weighted by atomic mass is 79.9. The van der Waals surface area contributed by atoms with E-state index in [2.05, 4.69) is 21.2 Å². The van der Waals surface area contributed by atoms with Crippen molar-refractivity contribution in [1.82, 2.24) is 10.2 Å². The number of carbonyl (C=O) groups excluding carboxylic acids is 2. The van der Waals surface area contributed by atoms with Gasteiger partial charge in [-0.2, -0.15) is 0 Å². The standard InChI is InChI=1S/C15H22BrN3O3/c1-18(2)15(21)10-17-14(20)11-19(3)8-9-22-13-6-4-12(16)5-7-13/h4-7H,8-11H2,1-3H3,(H,17,20)/p+1. The first-order valence-electron chi connectivity index (χ1n) is 7.05. The van der Waals surface area contributed by atoms with Crippen LogP contribution in [0, 0.1) is 0 Å². The maximum atomic E-state index is 11.7. The number of likely N-dealkylation sites (N-methyl/N-ethyl adjacent to an activating group) is 2. The highest BCUT2D eigenvalue weighted by Gasteiger charge is 2.12. The quantitative estimate of drug-likeness (QED) is 0.649. The molecule has 0 bridgehead atoms. The highest BCUT2D eigenvalue weighted by molar-refractivity contribution is 9.10. The molecule has 22 heavy (non-hydrogen) atoms. The maximum Gasteiger partial charge on any atom is 0.275 e. The Labute approximate surface area is 139 Å². The zero-order valence-electron chi connectivity index (χ0n) is 13.2. The summed E-state index contributed by atoms with van der Waals surface area (Å²) in [4.78, 5) is 25.5. The molecule has 1 aromatic rings. The van der Waals surface area contributed by atoms with E-state index in [-0.39, 0.29) is 18.4 Å². The van der Waals surface area contributed by atoms with Crippen LogP contribution < -0.4 is 15.0 Å². The number of hydrogen-bond donors (Lipinski definition) is 2. The molecule has 2 N–H and O–H groups in total. The van der Waals surface area contributed by atoms with Crippen LogP contribution in [-0.2, 0) is 9.59 Å². The van der Waals surface area contributed by atoms with Crippen LogP contribution >= 0.6 is 15.9 Å². The normalized spacial score (nSPS) is 11.6. The summed E-state index contributed by atoms with van der Waals surface area (Å²) in [5, 5.41) is 2.61. The van der Waals surface area contributed by atoms with Gasteiger partial charge in [-0.3, -0.25) is 9.59 Å². The van der Waals surface area contributed by atoms with Crippen molar-refractivity contribution in [2.75, 3.05) is 47.4 Å². The first kappa shape index (κ1) is 18.4. The van der Waals surface area contributed by atoms with Crippen molar-refractivity contribution in [2.45, 2.75) is 0 Å². The van der Waals surface area contributed by atoms with E-state index in [4.69, 9.17) is 4.74 Å². The summed E-state index contributed by atoms with van der Waals surface area (Å²) in [7, 11) is 5.23. The van der Waals surface area contributed by atoms with Crippen molar-refractivity contribution in [1.29, 1.82) is 0 Å². The van der Waals surface area contributed by atoms with Crippen LogP contribution in [0.3, 0.4) is 0 Å². The number of rotatable bonds is 8. The van der Waals surface area contributed by atoms with Crippen LogP contribution in [0.15, 0.2) is 28.7 Å². The van der Waals surface area contributed by atoms with Crippen molar-refractivity contribution < 1.29 is 19.2 Å². The number of benzene rings is 1. The molecule has 0 aliphatic rings. The molecule has 1 atom stereocenters. The molecule has 0 aromatic heterocycles. The number of halogens is 1. The molecule has 6 nitrogen and oxygen atoms in total. The van der Waals surface area contributed by atoms with Crippen molar-refractivity contribution in [3.63, 3.8) is 0 Å². The fourth-order valence-electron chi connectivity index (χ4n) is 1.63. The van der Waals surface area contributed by atoms with Gasteiger partial charge in [0.25, 0.3) is 5.91 Å². The topological polar surface area (TPSA) is 63.1 Å². The van der Waals surface area contributed by atoms with Crippen molar-refractivity contribution in [3.05, 3.63) is 28.7 Å². The Morgan fingerprint density at radius 1 is 1.27 bits per heavy atom. The first-order valence-corrected chi connectivity index (χ1v) is 7.84. The lowest BCUT2D eigenvalue weighted by molar-refractivity contribution is -0.871. The Kier molecular flexibility index (Phi) is 7.90. The minimum Gasteiger partial charge on any atom is -0.488 e. The summed E-state index contributed by atoms with van der Waals surface area (Å²) in [5.41, 5.74) is 0. The Bertz CT molecular complexity index is 491. The van der Waals surface area contributed by atoms with Gasteiger partial charge < -0.3 is 19.9 Å². The molecule has 0 saturated heterocycles. The van der Waals surface area contributed by atoms with Gasteiger partial charge in [0, 0.05) is 18.6 Å². The highest BCUT2D eigenvalue weighted by Crippen LogP contribution is 2.15. The third-order valence-corrected chi connectivity index (χ3v) is 3.54. The summed E-state index contributed by atoms with van der Waals surface area (Å²) in [6.45, 7) is 1.57. The molecule has 7 heteroatoms. The first-order chi connectivity index (χ1) is 10.4. The minimum absolute atomic E-state index is 0.0362. The summed E-state index contributed by atoms with van der Waals surface area (Å²) in [5.74, 6) is 0.540. The van der Waals surface area contributed by atoms with Gasteiger partial charge in [-0.05, 0) is 24.3 Å². The zero-order chi connectivity index (χ0) is 16.5. The van der Waals surface area contributed by atoms with Gasteiger partial charge in [0.1, 0.15) is 18.9 Å². The van der Waals surface area contributed by atoms with E-state index >= 15 is 0 Å². The van der Waals surface area contributed by atoms with E-state index in [0.29, 0.717) is 19.7 Å². The van der Waals surface area contributed by atoms with Gasteiger partial charge >= 0.3 is 0 Å². The second kappa shape index (κ2) is 9.42. The van der Waals surface area contributed by atoms with E-state index in [1.165, 1.54) is 4.90 Å². The molecule has 0 fully saturated rings. The van der Waals surface area contributed by atoms with Crippen molar-refractivity contribution in [2.24, 2.45) is 0 Å². The number of nitrogens with one attached hydrogen (secondary N) is 2. The fraction of sp³-hybridized carbons (Fsp3) is 0.467. The maximum absolute atomic E-state index is 11.7. The van der Waals surface area contributed by atoms with Gasteiger partial charge in [-0.15, -0.1) is 0 Å². The third kappa shape index (κ3) is 7.42. The number of quaternary nitrogens is 1. The van der Waals surface area contributed by atoms with E-state index in [0.717, 1.165) is 15.1 Å². The Hall–Kier alpha value is -1.60. The second-order valence-electron chi connectivity index (χ2n) is 5.25. The Morgan fingerprint density at radius 2 is 1.91 bits per heavy atom. The van der Waals surface area contributed by atoms with Gasteiger partial charge in [0.2, 0.25) is 5.91 Å². The van der Waals surface area contributed by atoms with Gasteiger partial charge in [0.15, 0.2) is 6.54 Å². The predicted octanol–water partition coefficient (Wildman–Crippen LogP) is -0.453. The lowest BCUT2D eigenvalue weighted by Gasteiger charge is -2.15. The lowest BCUT2D eigenvalue weighted by atomic mass is 10.3. The average Bonchev–Trinajstić information content (AvgIpc) is 2.46. The van der Waals surface area contributed by atoms with Crippen LogP contribution in [0.2, 0.25) is 0 Å². The Morgan fingerprint density at radius 3 is 2.50 bits per heavy atom. The van der Waals surface area contributed by atoms with E-state index in [1.807, 2.05) is 31.3 Å². The SMILES string of the molecule is CN(C)C(=O)CNC(=O)C[NH+](C)CCOc1ccc(Br)cc1. The molecule has 122 valence electrons. The number of hydrogen-bond acceptors (Lipinski definition) is 3. The second-order valence-corrected chi connectivity index (χ2v) is 6.17. The summed E-state index contributed by atoms with van der Waals surface area (Å²) in [6, 6.07) is 7.61. The largest absolute Gasteiger partial charge is 0.488 e. The van der Waals surface area contributed by atoms with Crippen molar-refractivity contribution in [3.8, 4) is 5.75 Å². The zero-order valence-corrected chi connectivity index (χ0v) is 14.8. The minimum atomic E-state index is -0.142. The van der Waals surface area contributed by atoms with Crippen LogP contribution in [0.5, 0.6) is 5.75 Å². The Balaban J connectivity index is 2.19. The van der Waals surface area contributed by atoms with Crippen LogP contribution in [-0.4, -0.2) is 64.1 Å². The number of ether oxygens (including phenoxy) is 1. The lowest BCUT2D eigenvalue weighted by Crippen LogP contribution is -3.10. The molecule has 1 unspecified atom stereocenters. The predicted molar refractivity (Wildman–Crippen MR) is 88.0 cm³/mol. The molecule has 0 aliphatic heterocycles. The van der Waals surface area contributed by atoms with Crippen LogP contribution in [0.25, 0.3) is 0 Å². The number of carbonyl (C=O) groups is 2. The molecule has 0 radical (unpaired) electrons. The molecule has 2 amide bonds. The van der Waals surface area contributed by atoms with Gasteiger partial charge in [-0.25, -0.2) is 0 Å². The molecular formula is C15H23BrN3O3+. The van der Waals surface area contributed by atoms with E-state index in [9.17, 15) is 9.59 Å². The van der Waals surface area contributed by atoms with Gasteiger partial charge in [0.05, 0.1) is 13.6 Å². The molecule has 1 aromatic carbocycles. The van der Waals surface area contributed by atoms with Crippen LogP contribution in [0.1, 0.15) is 0 Å². The van der Waals surface area contributed by atoms with Crippen molar-refractivity contribution >= 4 is 27.7 Å². The van der Waals surface area contributed by atoms with Crippen LogP contribution in [0.4, 0.5) is 0 Å². The summed E-state index contributed by atoms with van der Waals surface area (Å²) >= 11 is 3.37. The smallest absolute Gasteiger partial charge is 0.275 e. The van der Waals surface area contributed by atoms with E-state index < -0.39 is 0 Å². The third-order valence-electron chi connectivity index (χ3n) is 3.01. The monoisotopic (exact) mass is 372 g/mol. The molecule has 0 spiro atoms.